The number of alkyl halides is 3. The average molecular weight is 397 g/mol. The van der Waals surface area contributed by atoms with Gasteiger partial charge in [0.1, 0.15) is 0 Å². The van der Waals surface area contributed by atoms with Gasteiger partial charge < -0.3 is 0 Å². The van der Waals surface area contributed by atoms with Crippen molar-refractivity contribution >= 4 is 26.8 Å². The second kappa shape index (κ2) is 8.90. The van der Waals surface area contributed by atoms with E-state index < -0.39 is 49.3 Å². The van der Waals surface area contributed by atoms with E-state index in [-0.39, 0.29) is 6.42 Å². The third-order valence-electron chi connectivity index (χ3n) is 2.85. The Hall–Kier alpha value is -1.57. The molecule has 0 aliphatic heterocycles. The molecule has 1 aromatic carbocycles. The monoisotopic (exact) mass is 398 g/mol. The summed E-state index contributed by atoms with van der Waals surface area (Å²) in [6.45, 7) is 0. The summed E-state index contributed by atoms with van der Waals surface area (Å²) in [5.74, 6) is -1.61. The van der Waals surface area contributed by atoms with Gasteiger partial charge in [0.2, 0.25) is 0 Å². The summed E-state index contributed by atoms with van der Waals surface area (Å²) in [5.41, 5.74) is 6.55. The Morgan fingerprint density at radius 1 is 1.30 bits per heavy atom. The van der Waals surface area contributed by atoms with Crippen molar-refractivity contribution < 1.29 is 27.5 Å². The molecule has 0 spiro atoms. The SMILES string of the molecule is COC(=O)[C@H](C[Se]C(F)(F)F)NC(=O)[C@@H](N)Cc1ccccc1. The van der Waals surface area contributed by atoms with Crippen LogP contribution < -0.4 is 11.1 Å². The number of nitrogens with two attached hydrogens (primary N) is 1. The van der Waals surface area contributed by atoms with Crippen molar-refractivity contribution in [3.63, 3.8) is 0 Å². The number of carbonyl (C=O) groups excluding carboxylic acids is 2. The van der Waals surface area contributed by atoms with Crippen LogP contribution in [0.5, 0.6) is 0 Å². The zero-order valence-corrected chi connectivity index (χ0v) is 14.0. The molecule has 9 heteroatoms. The van der Waals surface area contributed by atoms with Crippen molar-refractivity contribution in [3.8, 4) is 0 Å². The fourth-order valence-corrected chi connectivity index (χ4v) is 2.93. The number of rotatable bonds is 7. The minimum absolute atomic E-state index is 0.213. The Kier molecular flexibility index (Phi) is 7.54. The Bertz CT molecular complexity index is 526. The molecule has 0 unspecified atom stereocenters. The minimum atomic E-state index is -4.36. The third-order valence-corrected chi connectivity index (χ3v) is 4.59. The van der Waals surface area contributed by atoms with Gasteiger partial charge in [-0.2, -0.15) is 0 Å². The first-order valence-corrected chi connectivity index (χ1v) is 8.68. The predicted octanol–water partition coefficient (Wildman–Crippen LogP) is 0.856. The van der Waals surface area contributed by atoms with E-state index in [2.05, 4.69) is 10.1 Å². The summed E-state index contributed by atoms with van der Waals surface area (Å²) in [6.07, 6.45) is 0.213. The average Bonchev–Trinajstić information content (AvgIpc) is 2.50. The predicted molar refractivity (Wildman–Crippen MR) is 78.7 cm³/mol. The number of ether oxygens (including phenoxy) is 1. The first-order valence-electron chi connectivity index (χ1n) is 6.61. The van der Waals surface area contributed by atoms with E-state index in [1.807, 2.05) is 6.07 Å². The second-order valence-corrected chi connectivity index (χ2v) is 6.91. The fourth-order valence-electron chi connectivity index (χ4n) is 1.73. The van der Waals surface area contributed by atoms with Crippen LogP contribution in [-0.4, -0.2) is 51.1 Å². The molecule has 0 saturated carbocycles. The van der Waals surface area contributed by atoms with Crippen molar-refractivity contribution in [2.45, 2.75) is 28.9 Å². The van der Waals surface area contributed by atoms with Crippen LogP contribution in [0.2, 0.25) is 5.32 Å². The number of hydrogen-bond acceptors (Lipinski definition) is 4. The Labute approximate surface area is 137 Å². The quantitative estimate of drug-likeness (QED) is 0.528. The van der Waals surface area contributed by atoms with Crippen LogP contribution in [0, 0.1) is 0 Å². The molecular weight excluding hydrogens is 380 g/mol. The van der Waals surface area contributed by atoms with Crippen LogP contribution in [0.4, 0.5) is 13.2 Å². The normalized spacial score (nSPS) is 14.0. The molecule has 2 atom stereocenters. The molecule has 0 saturated heterocycles. The maximum absolute atomic E-state index is 12.3. The van der Waals surface area contributed by atoms with Crippen LogP contribution in [0.15, 0.2) is 30.3 Å². The van der Waals surface area contributed by atoms with E-state index in [0.29, 0.717) is 0 Å². The summed E-state index contributed by atoms with van der Waals surface area (Å²) in [7, 11) is 1.05. The third kappa shape index (κ3) is 7.49. The van der Waals surface area contributed by atoms with E-state index in [4.69, 9.17) is 5.73 Å². The van der Waals surface area contributed by atoms with Gasteiger partial charge in [0.15, 0.2) is 0 Å². The second-order valence-electron chi connectivity index (χ2n) is 4.64. The molecule has 5 nitrogen and oxygen atoms in total. The number of nitrogens with one attached hydrogen (secondary N) is 1. The molecular formula is C14H17F3N2O3Se. The van der Waals surface area contributed by atoms with Crippen molar-refractivity contribution in [2.24, 2.45) is 5.73 Å². The summed E-state index contributed by atoms with van der Waals surface area (Å²) < 4.78 is 41.3. The molecule has 0 aliphatic carbocycles. The molecule has 0 aliphatic rings. The number of esters is 1. The van der Waals surface area contributed by atoms with Crippen molar-refractivity contribution in [2.75, 3.05) is 7.11 Å². The van der Waals surface area contributed by atoms with Crippen molar-refractivity contribution in [1.82, 2.24) is 5.32 Å². The Morgan fingerprint density at radius 2 is 1.91 bits per heavy atom. The standard InChI is InChI=1S/C14H17F3N2O3Se/c1-22-13(21)11(8-23-14(15,16)17)19-12(20)10(18)7-9-5-3-2-4-6-9/h2-6,10-11H,7-8,18H2,1H3,(H,19,20)/t10-,11-/m0/s1. The van der Waals surface area contributed by atoms with Gasteiger partial charge in [0, 0.05) is 0 Å². The molecule has 0 radical (unpaired) electrons. The van der Waals surface area contributed by atoms with Gasteiger partial charge in [0.25, 0.3) is 0 Å². The zero-order chi connectivity index (χ0) is 17.5. The number of halogens is 3. The van der Waals surface area contributed by atoms with E-state index in [1.165, 1.54) is 0 Å². The van der Waals surface area contributed by atoms with Gasteiger partial charge in [0.05, 0.1) is 0 Å². The molecule has 0 aromatic heterocycles. The Morgan fingerprint density at radius 3 is 2.43 bits per heavy atom. The van der Waals surface area contributed by atoms with Crippen molar-refractivity contribution in [1.29, 1.82) is 0 Å². The van der Waals surface area contributed by atoms with Crippen LogP contribution in [0.1, 0.15) is 5.56 Å². The molecule has 1 aromatic rings. The number of methoxy groups -OCH3 is 1. The van der Waals surface area contributed by atoms with Crippen LogP contribution in [-0.2, 0) is 20.7 Å². The van der Waals surface area contributed by atoms with Gasteiger partial charge in [-0.1, -0.05) is 0 Å². The summed E-state index contributed by atoms with van der Waals surface area (Å²) >= 11 is -1.80. The molecule has 0 fully saturated rings. The zero-order valence-electron chi connectivity index (χ0n) is 12.3. The van der Waals surface area contributed by atoms with Gasteiger partial charge in [-0.25, -0.2) is 0 Å². The van der Waals surface area contributed by atoms with Gasteiger partial charge in [-0.15, -0.1) is 0 Å². The molecule has 1 rings (SSSR count). The topological polar surface area (TPSA) is 81.4 Å². The Balaban J connectivity index is 2.63. The number of amides is 1. The molecule has 23 heavy (non-hydrogen) atoms. The van der Waals surface area contributed by atoms with Crippen LogP contribution in [0.3, 0.4) is 0 Å². The van der Waals surface area contributed by atoms with Crippen molar-refractivity contribution in [3.05, 3.63) is 35.9 Å². The maximum atomic E-state index is 12.3. The summed E-state index contributed by atoms with van der Waals surface area (Å²) in [6, 6.07) is 6.60. The molecule has 0 bridgehead atoms. The molecule has 3 N–H and O–H groups in total. The number of hydrogen-bond donors (Lipinski definition) is 2. The first-order chi connectivity index (χ1) is 10.7. The fraction of sp³-hybridized carbons (Fsp3) is 0.429. The number of benzene rings is 1. The van der Waals surface area contributed by atoms with E-state index in [9.17, 15) is 22.8 Å². The van der Waals surface area contributed by atoms with Gasteiger partial charge >= 0.3 is 137 Å². The summed E-state index contributed by atoms with van der Waals surface area (Å²) in [4.78, 5) is 23.5. The first kappa shape index (κ1) is 19.5. The van der Waals surface area contributed by atoms with Gasteiger partial charge in [-0.05, 0) is 0 Å². The van der Waals surface area contributed by atoms with Gasteiger partial charge in [-0.3, -0.25) is 0 Å². The molecule has 128 valence electrons. The van der Waals surface area contributed by atoms with Crippen LogP contribution in [0.25, 0.3) is 0 Å². The van der Waals surface area contributed by atoms with E-state index in [0.717, 1.165) is 12.7 Å². The molecule has 1 amide bonds. The van der Waals surface area contributed by atoms with E-state index in [1.54, 1.807) is 24.3 Å². The van der Waals surface area contributed by atoms with Crippen LogP contribution >= 0.6 is 0 Å². The van der Waals surface area contributed by atoms with E-state index >= 15 is 0 Å². The molecule has 0 heterocycles. The number of carbonyl (C=O) groups is 2. The summed E-state index contributed by atoms with van der Waals surface area (Å²) in [5, 5.41) is -2.66.